The number of aryl methyl sites for hydroxylation is 1. The molecule has 0 saturated carbocycles. The molecule has 0 saturated heterocycles. The Morgan fingerprint density at radius 1 is 1.05 bits per heavy atom. The quantitative estimate of drug-likeness (QED) is 0.695. The third-order valence-electron chi connectivity index (χ3n) is 4.73. The molecule has 0 aliphatic heterocycles. The zero-order valence-electron chi connectivity index (χ0n) is 13.9. The van der Waals surface area contributed by atoms with Crippen LogP contribution in [0.4, 0.5) is 0 Å². The Labute approximate surface area is 129 Å². The molecule has 21 heavy (non-hydrogen) atoms. The molecular weight excluding hydrogens is 254 g/mol. The molecule has 1 heteroatoms. The van der Waals surface area contributed by atoms with Gasteiger partial charge in [0, 0.05) is 6.04 Å². The molecule has 1 nitrogen and oxygen atoms in total. The summed E-state index contributed by atoms with van der Waals surface area (Å²) in [6.45, 7) is 6.86. The first-order chi connectivity index (χ1) is 10.2. The summed E-state index contributed by atoms with van der Waals surface area (Å²) in [6, 6.07) is 13.7. The van der Waals surface area contributed by atoms with Crippen LogP contribution in [-0.2, 0) is 0 Å². The summed E-state index contributed by atoms with van der Waals surface area (Å²) in [7, 11) is 2.11. The molecule has 2 aromatic carbocycles. The molecule has 1 N–H and O–H groups in total. The number of benzene rings is 2. The predicted octanol–water partition coefficient (Wildman–Crippen LogP) is 5.63. The number of hydrogen-bond acceptors (Lipinski definition) is 1. The van der Waals surface area contributed by atoms with E-state index in [9.17, 15) is 0 Å². The summed E-state index contributed by atoms with van der Waals surface area (Å²) < 4.78 is 0. The second kappa shape index (κ2) is 7.61. The monoisotopic (exact) mass is 283 g/mol. The molecule has 0 amide bonds. The van der Waals surface area contributed by atoms with Gasteiger partial charge in [0.2, 0.25) is 0 Å². The van der Waals surface area contributed by atoms with Crippen molar-refractivity contribution in [2.75, 3.05) is 7.05 Å². The van der Waals surface area contributed by atoms with E-state index in [4.69, 9.17) is 0 Å². The maximum absolute atomic E-state index is 3.61. The van der Waals surface area contributed by atoms with E-state index in [2.05, 4.69) is 69.5 Å². The topological polar surface area (TPSA) is 12.0 Å². The zero-order chi connectivity index (χ0) is 15.2. The van der Waals surface area contributed by atoms with Crippen molar-refractivity contribution >= 4 is 10.8 Å². The molecule has 114 valence electrons. The van der Waals surface area contributed by atoms with Gasteiger partial charge in [-0.15, -0.1) is 0 Å². The van der Waals surface area contributed by atoms with E-state index in [1.807, 2.05) is 0 Å². The second-order valence-corrected chi connectivity index (χ2v) is 6.09. The summed E-state index contributed by atoms with van der Waals surface area (Å²) in [5, 5.41) is 6.37. The van der Waals surface area contributed by atoms with Gasteiger partial charge in [0.25, 0.3) is 0 Å². The summed E-state index contributed by atoms with van der Waals surface area (Å²) >= 11 is 0. The van der Waals surface area contributed by atoms with Crippen molar-refractivity contribution in [1.82, 2.24) is 5.32 Å². The molecule has 0 spiro atoms. The van der Waals surface area contributed by atoms with E-state index in [-0.39, 0.29) is 0 Å². The van der Waals surface area contributed by atoms with Gasteiger partial charge in [-0.2, -0.15) is 0 Å². The maximum atomic E-state index is 3.61. The fraction of sp³-hybridized carbons (Fsp3) is 0.500. The largest absolute Gasteiger partial charge is 0.313 e. The van der Waals surface area contributed by atoms with Gasteiger partial charge in [-0.25, -0.2) is 0 Å². The fourth-order valence-electron chi connectivity index (χ4n) is 3.51. The van der Waals surface area contributed by atoms with Gasteiger partial charge < -0.3 is 5.32 Å². The molecule has 2 atom stereocenters. The van der Waals surface area contributed by atoms with Crippen LogP contribution in [0.2, 0.25) is 0 Å². The Kier molecular flexibility index (Phi) is 5.81. The van der Waals surface area contributed by atoms with E-state index >= 15 is 0 Å². The molecular formula is C20H29N. The molecule has 0 fully saturated rings. The van der Waals surface area contributed by atoms with Gasteiger partial charge in [0.15, 0.2) is 0 Å². The fourth-order valence-corrected chi connectivity index (χ4v) is 3.51. The minimum absolute atomic E-state index is 0.452. The minimum atomic E-state index is 0.452. The smallest absolute Gasteiger partial charge is 0.0354 e. The van der Waals surface area contributed by atoms with E-state index in [0.717, 1.165) is 0 Å². The summed E-state index contributed by atoms with van der Waals surface area (Å²) in [5.74, 6) is 0.708. The molecule has 2 aromatic rings. The third-order valence-corrected chi connectivity index (χ3v) is 4.73. The van der Waals surface area contributed by atoms with Gasteiger partial charge >= 0.3 is 0 Å². The van der Waals surface area contributed by atoms with E-state index < -0.39 is 0 Å². The first-order valence-corrected chi connectivity index (χ1v) is 8.38. The van der Waals surface area contributed by atoms with Crippen LogP contribution in [0, 0.1) is 12.8 Å². The van der Waals surface area contributed by atoms with E-state index in [0.29, 0.717) is 12.0 Å². The minimum Gasteiger partial charge on any atom is -0.313 e. The number of nitrogens with one attached hydrogen (secondary N) is 1. The predicted molar refractivity (Wildman–Crippen MR) is 93.8 cm³/mol. The average molecular weight is 283 g/mol. The number of unbranched alkanes of at least 4 members (excludes halogenated alkanes) is 1. The van der Waals surface area contributed by atoms with Crippen molar-refractivity contribution in [3.63, 3.8) is 0 Å². The second-order valence-electron chi connectivity index (χ2n) is 6.09. The Morgan fingerprint density at radius 3 is 2.48 bits per heavy atom. The summed E-state index contributed by atoms with van der Waals surface area (Å²) in [6.07, 6.45) is 5.14. The lowest BCUT2D eigenvalue weighted by molar-refractivity contribution is 0.339. The molecule has 0 heterocycles. The molecule has 0 aliphatic carbocycles. The highest BCUT2D eigenvalue weighted by Crippen LogP contribution is 2.35. The van der Waals surface area contributed by atoms with E-state index in [1.165, 1.54) is 47.6 Å². The standard InChI is InChI=1S/C20H29N/c1-5-7-10-16(6-2)20(21-4)19-15(3)13-14-17-11-8-9-12-18(17)19/h8-9,11-14,16,20-21H,5-7,10H2,1-4H3. The highest BCUT2D eigenvalue weighted by molar-refractivity contribution is 5.87. The van der Waals surface area contributed by atoms with Gasteiger partial charge in [0.05, 0.1) is 0 Å². The average Bonchev–Trinajstić information content (AvgIpc) is 2.52. The molecule has 2 rings (SSSR count). The normalized spacial score (nSPS) is 14.3. The molecule has 0 aromatic heterocycles. The van der Waals surface area contributed by atoms with E-state index in [1.54, 1.807) is 0 Å². The molecule has 0 aliphatic rings. The van der Waals surface area contributed by atoms with Crippen LogP contribution >= 0.6 is 0 Å². The maximum Gasteiger partial charge on any atom is 0.0354 e. The summed E-state index contributed by atoms with van der Waals surface area (Å²) in [4.78, 5) is 0. The van der Waals surface area contributed by atoms with Crippen LogP contribution in [0.15, 0.2) is 36.4 Å². The number of fused-ring (bicyclic) bond motifs is 1. The van der Waals surface area contributed by atoms with Crippen LogP contribution in [0.25, 0.3) is 10.8 Å². The van der Waals surface area contributed by atoms with Crippen molar-refractivity contribution in [2.45, 2.75) is 52.5 Å². The highest BCUT2D eigenvalue weighted by atomic mass is 14.9. The SMILES string of the molecule is CCCCC(CC)C(NC)c1c(C)ccc2ccccc12. The molecule has 0 radical (unpaired) electrons. The van der Waals surface area contributed by atoms with Crippen LogP contribution < -0.4 is 5.32 Å². The zero-order valence-corrected chi connectivity index (χ0v) is 13.9. The Hall–Kier alpha value is -1.34. The van der Waals surface area contributed by atoms with Gasteiger partial charge in [-0.05, 0) is 48.2 Å². The first kappa shape index (κ1) is 16.0. The highest BCUT2D eigenvalue weighted by Gasteiger charge is 2.23. The number of rotatable bonds is 7. The van der Waals surface area contributed by atoms with Crippen LogP contribution in [0.1, 0.15) is 56.7 Å². The van der Waals surface area contributed by atoms with Crippen molar-refractivity contribution in [3.05, 3.63) is 47.5 Å². The van der Waals surface area contributed by atoms with Crippen molar-refractivity contribution in [2.24, 2.45) is 5.92 Å². The van der Waals surface area contributed by atoms with Crippen LogP contribution in [-0.4, -0.2) is 7.05 Å². The van der Waals surface area contributed by atoms with Crippen LogP contribution in [0.3, 0.4) is 0 Å². The lowest BCUT2D eigenvalue weighted by atomic mass is 9.83. The Balaban J connectivity index is 2.48. The van der Waals surface area contributed by atoms with Crippen molar-refractivity contribution in [1.29, 1.82) is 0 Å². The Bertz CT molecular complexity index is 573. The lowest BCUT2D eigenvalue weighted by Gasteiger charge is -2.29. The molecule has 2 unspecified atom stereocenters. The van der Waals surface area contributed by atoms with Gasteiger partial charge in [-0.3, -0.25) is 0 Å². The van der Waals surface area contributed by atoms with Crippen molar-refractivity contribution in [3.8, 4) is 0 Å². The number of hydrogen-bond donors (Lipinski definition) is 1. The Morgan fingerprint density at radius 2 is 1.81 bits per heavy atom. The van der Waals surface area contributed by atoms with Gasteiger partial charge in [-0.1, -0.05) is 69.5 Å². The lowest BCUT2D eigenvalue weighted by Crippen LogP contribution is -2.26. The van der Waals surface area contributed by atoms with Crippen LogP contribution in [0.5, 0.6) is 0 Å². The van der Waals surface area contributed by atoms with Gasteiger partial charge in [0.1, 0.15) is 0 Å². The first-order valence-electron chi connectivity index (χ1n) is 8.38. The van der Waals surface area contributed by atoms with Crippen molar-refractivity contribution < 1.29 is 0 Å². The molecule has 0 bridgehead atoms. The third kappa shape index (κ3) is 3.47. The summed E-state index contributed by atoms with van der Waals surface area (Å²) in [5.41, 5.74) is 2.90.